The van der Waals surface area contributed by atoms with Gasteiger partial charge in [0, 0.05) is 31.1 Å². The molecule has 0 saturated carbocycles. The SMILES string of the molecule is CCCCN(C(=O)CCC1Cc2ccccc2NC1=O)c1c(N)n(CCC)c(=O)[nH]c1=O. The number of carbonyl (C=O) groups is 2. The number of nitrogen functional groups attached to an aromatic ring is 1. The van der Waals surface area contributed by atoms with Gasteiger partial charge in [0.2, 0.25) is 11.8 Å². The van der Waals surface area contributed by atoms with Crippen molar-refractivity contribution in [3.05, 3.63) is 50.7 Å². The third-order valence-electron chi connectivity index (χ3n) is 5.79. The van der Waals surface area contributed by atoms with Crippen LogP contribution in [0.4, 0.5) is 17.2 Å². The Kier molecular flexibility index (Phi) is 7.50. The topological polar surface area (TPSA) is 130 Å². The van der Waals surface area contributed by atoms with E-state index >= 15 is 0 Å². The summed E-state index contributed by atoms with van der Waals surface area (Å²) < 4.78 is 1.29. The average molecular weight is 442 g/mol. The van der Waals surface area contributed by atoms with E-state index in [1.165, 1.54) is 9.47 Å². The van der Waals surface area contributed by atoms with Gasteiger partial charge in [-0.1, -0.05) is 38.5 Å². The highest BCUT2D eigenvalue weighted by atomic mass is 16.2. The number of aromatic amines is 1. The maximum Gasteiger partial charge on any atom is 0.330 e. The van der Waals surface area contributed by atoms with E-state index in [4.69, 9.17) is 5.73 Å². The second kappa shape index (κ2) is 10.3. The van der Waals surface area contributed by atoms with Gasteiger partial charge in [0.1, 0.15) is 5.82 Å². The fraction of sp³-hybridized carbons (Fsp3) is 0.478. The number of nitrogens with two attached hydrogens (primary N) is 1. The highest BCUT2D eigenvalue weighted by Gasteiger charge is 2.29. The zero-order valence-electron chi connectivity index (χ0n) is 18.6. The van der Waals surface area contributed by atoms with Gasteiger partial charge in [-0.05, 0) is 37.3 Å². The zero-order chi connectivity index (χ0) is 23.3. The number of anilines is 3. The lowest BCUT2D eigenvalue weighted by Gasteiger charge is -2.27. The summed E-state index contributed by atoms with van der Waals surface area (Å²) in [5.41, 5.74) is 6.78. The second-order valence-electron chi connectivity index (χ2n) is 8.13. The Balaban J connectivity index is 1.82. The van der Waals surface area contributed by atoms with Crippen LogP contribution in [0.5, 0.6) is 0 Å². The number of H-pyrrole nitrogens is 1. The van der Waals surface area contributed by atoms with Crippen molar-refractivity contribution in [2.24, 2.45) is 5.92 Å². The van der Waals surface area contributed by atoms with Crippen LogP contribution in [0.1, 0.15) is 51.5 Å². The first-order valence-corrected chi connectivity index (χ1v) is 11.2. The van der Waals surface area contributed by atoms with Crippen LogP contribution in [0.15, 0.2) is 33.9 Å². The molecule has 1 aliphatic heterocycles. The summed E-state index contributed by atoms with van der Waals surface area (Å²) in [6, 6.07) is 7.62. The van der Waals surface area contributed by atoms with Crippen LogP contribution in [0.3, 0.4) is 0 Å². The fourth-order valence-corrected chi connectivity index (χ4v) is 4.04. The number of carbonyl (C=O) groups excluding carboxylic acids is 2. The lowest BCUT2D eigenvalue weighted by atomic mass is 9.89. The van der Waals surface area contributed by atoms with Crippen LogP contribution in [-0.2, 0) is 22.6 Å². The zero-order valence-corrected chi connectivity index (χ0v) is 18.6. The van der Waals surface area contributed by atoms with Crippen LogP contribution >= 0.6 is 0 Å². The van der Waals surface area contributed by atoms with Crippen LogP contribution in [-0.4, -0.2) is 27.9 Å². The number of nitrogens with zero attached hydrogens (tertiary/aromatic N) is 2. The molecule has 1 atom stereocenters. The van der Waals surface area contributed by atoms with Crippen LogP contribution in [0.2, 0.25) is 0 Å². The Morgan fingerprint density at radius 3 is 2.66 bits per heavy atom. The van der Waals surface area contributed by atoms with Gasteiger partial charge in [0.25, 0.3) is 5.56 Å². The van der Waals surface area contributed by atoms with E-state index in [2.05, 4.69) is 10.3 Å². The highest BCUT2D eigenvalue weighted by Crippen LogP contribution is 2.28. The summed E-state index contributed by atoms with van der Waals surface area (Å²) in [7, 11) is 0. The number of hydrogen-bond acceptors (Lipinski definition) is 5. The van der Waals surface area contributed by atoms with Gasteiger partial charge in [0.05, 0.1) is 0 Å². The molecule has 32 heavy (non-hydrogen) atoms. The van der Waals surface area contributed by atoms with Crippen LogP contribution < -0.4 is 27.2 Å². The van der Waals surface area contributed by atoms with E-state index in [0.717, 1.165) is 17.7 Å². The summed E-state index contributed by atoms with van der Waals surface area (Å²) in [4.78, 5) is 54.1. The summed E-state index contributed by atoms with van der Waals surface area (Å²) in [5.74, 6) is -0.726. The molecular weight excluding hydrogens is 410 g/mol. The number of nitrogens with one attached hydrogen (secondary N) is 2. The maximum absolute atomic E-state index is 13.2. The minimum Gasteiger partial charge on any atom is -0.383 e. The van der Waals surface area contributed by atoms with Gasteiger partial charge in [-0.3, -0.25) is 23.9 Å². The Bertz CT molecular complexity index is 1100. The van der Waals surface area contributed by atoms with Gasteiger partial charge in [-0.15, -0.1) is 0 Å². The van der Waals surface area contributed by atoms with Gasteiger partial charge in [-0.2, -0.15) is 0 Å². The van der Waals surface area contributed by atoms with E-state index in [1.807, 2.05) is 38.1 Å². The molecule has 2 aromatic rings. The predicted molar refractivity (Wildman–Crippen MR) is 125 cm³/mol. The van der Waals surface area contributed by atoms with Gasteiger partial charge < -0.3 is 16.0 Å². The third-order valence-corrected chi connectivity index (χ3v) is 5.79. The van der Waals surface area contributed by atoms with E-state index < -0.39 is 11.2 Å². The quantitative estimate of drug-likeness (QED) is 0.549. The summed E-state index contributed by atoms with van der Waals surface area (Å²) >= 11 is 0. The van der Waals surface area contributed by atoms with Crippen molar-refractivity contribution >= 4 is 29.0 Å². The molecule has 4 N–H and O–H groups in total. The highest BCUT2D eigenvalue weighted by molar-refractivity contribution is 5.98. The molecular formula is C23H31N5O4. The smallest absolute Gasteiger partial charge is 0.330 e. The maximum atomic E-state index is 13.2. The molecule has 0 fully saturated rings. The van der Waals surface area contributed by atoms with Gasteiger partial charge >= 0.3 is 5.69 Å². The number of rotatable bonds is 9. The summed E-state index contributed by atoms with van der Waals surface area (Å²) in [6.07, 6.45) is 3.15. The predicted octanol–water partition coefficient (Wildman–Crippen LogP) is 2.25. The normalized spacial score (nSPS) is 15.2. The first-order chi connectivity index (χ1) is 15.4. The lowest BCUT2D eigenvalue weighted by Crippen LogP contribution is -2.42. The molecule has 9 heteroatoms. The van der Waals surface area contributed by atoms with Crippen molar-refractivity contribution in [3.8, 4) is 0 Å². The van der Waals surface area contributed by atoms with Crippen molar-refractivity contribution in [1.82, 2.24) is 9.55 Å². The van der Waals surface area contributed by atoms with E-state index in [1.54, 1.807) is 0 Å². The Morgan fingerprint density at radius 2 is 1.94 bits per heavy atom. The van der Waals surface area contributed by atoms with E-state index in [0.29, 0.717) is 38.8 Å². The molecule has 1 unspecified atom stereocenters. The van der Waals surface area contributed by atoms with E-state index in [-0.39, 0.29) is 35.7 Å². The first-order valence-electron chi connectivity index (χ1n) is 11.2. The number of unbranched alkanes of at least 4 members (excludes halogenated alkanes) is 1. The number of fused-ring (bicyclic) bond motifs is 1. The van der Waals surface area contributed by atoms with Gasteiger partial charge in [0.15, 0.2) is 5.69 Å². The standard InChI is InChI=1S/C23H31N5O4/c1-3-5-13-27(19-20(24)28(12-4-2)23(32)26-22(19)31)18(29)11-10-16-14-15-8-6-7-9-17(15)25-21(16)30/h6-9,16H,3-5,10-14,24H2,1-2H3,(H,25,30)(H,26,31,32). The summed E-state index contributed by atoms with van der Waals surface area (Å²) in [5, 5.41) is 2.90. The third kappa shape index (κ3) is 4.92. The fourth-order valence-electron chi connectivity index (χ4n) is 4.04. The minimum absolute atomic E-state index is 0.00519. The van der Waals surface area contributed by atoms with Crippen molar-refractivity contribution < 1.29 is 9.59 Å². The molecule has 1 aromatic heterocycles. The molecule has 0 radical (unpaired) electrons. The van der Waals surface area contributed by atoms with Crippen molar-refractivity contribution in [2.75, 3.05) is 22.5 Å². The van der Waals surface area contributed by atoms with Crippen molar-refractivity contribution in [1.29, 1.82) is 0 Å². The minimum atomic E-state index is -0.673. The first kappa shape index (κ1) is 23.3. The Hall–Kier alpha value is -3.36. The number of aromatic nitrogens is 2. The van der Waals surface area contributed by atoms with Crippen LogP contribution in [0, 0.1) is 5.92 Å². The van der Waals surface area contributed by atoms with E-state index in [9.17, 15) is 19.2 Å². The molecule has 1 aliphatic rings. The number of amides is 2. The molecule has 0 spiro atoms. The molecule has 2 heterocycles. The second-order valence-corrected chi connectivity index (χ2v) is 8.13. The number of hydrogen-bond donors (Lipinski definition) is 3. The molecule has 2 amide bonds. The van der Waals surface area contributed by atoms with Crippen LogP contribution in [0.25, 0.3) is 0 Å². The number of para-hydroxylation sites is 1. The molecule has 172 valence electrons. The largest absolute Gasteiger partial charge is 0.383 e. The molecule has 3 rings (SSSR count). The molecule has 0 bridgehead atoms. The van der Waals surface area contributed by atoms with Gasteiger partial charge in [-0.25, -0.2) is 4.79 Å². The van der Waals surface area contributed by atoms with Crippen molar-refractivity contribution in [2.45, 2.75) is 58.9 Å². The molecule has 0 saturated heterocycles. The monoisotopic (exact) mass is 441 g/mol. The Labute approximate surface area is 186 Å². The lowest BCUT2D eigenvalue weighted by molar-refractivity contribution is -0.121. The Morgan fingerprint density at radius 1 is 1.19 bits per heavy atom. The molecule has 9 nitrogen and oxygen atoms in total. The average Bonchev–Trinajstić information content (AvgIpc) is 2.77. The van der Waals surface area contributed by atoms with Crippen molar-refractivity contribution in [3.63, 3.8) is 0 Å². The molecule has 0 aliphatic carbocycles. The molecule has 1 aromatic carbocycles. The number of benzene rings is 1. The summed E-state index contributed by atoms with van der Waals surface area (Å²) in [6.45, 7) is 4.53.